The summed E-state index contributed by atoms with van der Waals surface area (Å²) in [5.41, 5.74) is 7.77. The van der Waals surface area contributed by atoms with E-state index in [1.165, 1.54) is 0 Å². The predicted octanol–water partition coefficient (Wildman–Crippen LogP) is 1.87. The van der Waals surface area contributed by atoms with Crippen LogP contribution in [0.5, 0.6) is 11.5 Å². The summed E-state index contributed by atoms with van der Waals surface area (Å²) < 4.78 is 15.7. The van der Waals surface area contributed by atoms with Gasteiger partial charge in [-0.1, -0.05) is 0 Å². The van der Waals surface area contributed by atoms with E-state index in [0.29, 0.717) is 6.61 Å². The number of methoxy groups -OCH3 is 3. The van der Waals surface area contributed by atoms with Crippen molar-refractivity contribution >= 4 is 0 Å². The highest BCUT2D eigenvalue weighted by molar-refractivity contribution is 5.48. The minimum absolute atomic E-state index is 0.111. The molecule has 0 saturated carbocycles. The lowest BCUT2D eigenvalue weighted by atomic mass is 10.0. The second kappa shape index (κ2) is 5.72. The molecule has 0 bridgehead atoms. The minimum atomic E-state index is -0.111. The molecule has 1 atom stereocenters. The molecular formula is C12H19NO3. The SMILES string of the molecule is COCc1cc(OC)cc(C(C)N)c1OC. The van der Waals surface area contributed by atoms with Crippen LogP contribution in [0.3, 0.4) is 0 Å². The van der Waals surface area contributed by atoms with Crippen LogP contribution in [0.25, 0.3) is 0 Å². The molecule has 1 unspecified atom stereocenters. The van der Waals surface area contributed by atoms with E-state index < -0.39 is 0 Å². The fourth-order valence-corrected chi connectivity index (χ4v) is 1.65. The topological polar surface area (TPSA) is 53.7 Å². The average Bonchev–Trinajstić information content (AvgIpc) is 2.28. The van der Waals surface area contributed by atoms with Crippen LogP contribution >= 0.6 is 0 Å². The number of benzene rings is 1. The summed E-state index contributed by atoms with van der Waals surface area (Å²) in [6, 6.07) is 3.68. The van der Waals surface area contributed by atoms with E-state index in [0.717, 1.165) is 22.6 Å². The first-order chi connectivity index (χ1) is 7.63. The van der Waals surface area contributed by atoms with Crippen LogP contribution in [0.4, 0.5) is 0 Å². The van der Waals surface area contributed by atoms with Gasteiger partial charge in [-0.2, -0.15) is 0 Å². The van der Waals surface area contributed by atoms with E-state index in [-0.39, 0.29) is 6.04 Å². The molecule has 0 heterocycles. The van der Waals surface area contributed by atoms with Gasteiger partial charge in [-0.05, 0) is 19.1 Å². The molecule has 16 heavy (non-hydrogen) atoms. The Morgan fingerprint density at radius 3 is 2.31 bits per heavy atom. The van der Waals surface area contributed by atoms with Crippen molar-refractivity contribution < 1.29 is 14.2 Å². The Labute approximate surface area is 96.3 Å². The zero-order valence-electron chi connectivity index (χ0n) is 10.2. The average molecular weight is 225 g/mol. The molecule has 0 saturated heterocycles. The Balaban J connectivity index is 3.28. The van der Waals surface area contributed by atoms with Gasteiger partial charge in [0.1, 0.15) is 11.5 Å². The molecule has 0 aromatic heterocycles. The van der Waals surface area contributed by atoms with Gasteiger partial charge in [-0.25, -0.2) is 0 Å². The van der Waals surface area contributed by atoms with Crippen molar-refractivity contribution in [2.75, 3.05) is 21.3 Å². The maximum absolute atomic E-state index is 5.90. The van der Waals surface area contributed by atoms with E-state index in [1.807, 2.05) is 19.1 Å². The second-order valence-electron chi connectivity index (χ2n) is 3.63. The molecule has 0 aliphatic heterocycles. The van der Waals surface area contributed by atoms with Gasteiger partial charge in [0.15, 0.2) is 0 Å². The lowest BCUT2D eigenvalue weighted by molar-refractivity contribution is 0.181. The Morgan fingerprint density at radius 2 is 1.88 bits per heavy atom. The summed E-state index contributed by atoms with van der Waals surface area (Å²) in [6.45, 7) is 2.38. The highest BCUT2D eigenvalue weighted by atomic mass is 16.5. The highest BCUT2D eigenvalue weighted by Crippen LogP contribution is 2.33. The van der Waals surface area contributed by atoms with Crippen molar-refractivity contribution in [2.45, 2.75) is 19.6 Å². The molecule has 4 nitrogen and oxygen atoms in total. The third-order valence-corrected chi connectivity index (χ3v) is 2.40. The molecule has 0 aliphatic rings. The minimum Gasteiger partial charge on any atom is -0.497 e. The summed E-state index contributed by atoms with van der Waals surface area (Å²) in [5.74, 6) is 1.54. The van der Waals surface area contributed by atoms with Crippen LogP contribution in [0, 0.1) is 0 Å². The Kier molecular flexibility index (Phi) is 4.58. The molecule has 0 amide bonds. The summed E-state index contributed by atoms with van der Waals surface area (Å²) in [7, 11) is 4.90. The zero-order chi connectivity index (χ0) is 12.1. The van der Waals surface area contributed by atoms with E-state index >= 15 is 0 Å². The number of hydrogen-bond acceptors (Lipinski definition) is 4. The van der Waals surface area contributed by atoms with Gasteiger partial charge in [-0.15, -0.1) is 0 Å². The molecule has 1 aromatic rings. The molecule has 0 spiro atoms. The number of hydrogen-bond donors (Lipinski definition) is 1. The Bertz CT molecular complexity index is 350. The molecular weight excluding hydrogens is 206 g/mol. The normalized spacial score (nSPS) is 12.3. The maximum atomic E-state index is 5.90. The van der Waals surface area contributed by atoms with Gasteiger partial charge >= 0.3 is 0 Å². The standard InChI is InChI=1S/C12H19NO3/c1-8(13)11-6-10(15-3)5-9(7-14-2)12(11)16-4/h5-6,8H,7,13H2,1-4H3. The first kappa shape index (κ1) is 12.8. The lowest BCUT2D eigenvalue weighted by Gasteiger charge is -2.17. The number of ether oxygens (including phenoxy) is 3. The molecule has 1 aromatic carbocycles. The van der Waals surface area contributed by atoms with Gasteiger partial charge in [0.25, 0.3) is 0 Å². The number of rotatable bonds is 5. The number of nitrogens with two attached hydrogens (primary N) is 1. The van der Waals surface area contributed by atoms with E-state index in [2.05, 4.69) is 0 Å². The molecule has 4 heteroatoms. The smallest absolute Gasteiger partial charge is 0.129 e. The van der Waals surface area contributed by atoms with E-state index in [9.17, 15) is 0 Å². The van der Waals surface area contributed by atoms with Gasteiger partial charge in [0.2, 0.25) is 0 Å². The first-order valence-corrected chi connectivity index (χ1v) is 5.13. The van der Waals surface area contributed by atoms with Crippen molar-refractivity contribution in [1.29, 1.82) is 0 Å². The van der Waals surface area contributed by atoms with Crippen LogP contribution in [-0.4, -0.2) is 21.3 Å². The van der Waals surface area contributed by atoms with E-state index in [4.69, 9.17) is 19.9 Å². The quantitative estimate of drug-likeness (QED) is 0.831. The van der Waals surface area contributed by atoms with Crippen molar-refractivity contribution in [3.8, 4) is 11.5 Å². The fourth-order valence-electron chi connectivity index (χ4n) is 1.65. The van der Waals surface area contributed by atoms with Crippen molar-refractivity contribution in [1.82, 2.24) is 0 Å². The largest absolute Gasteiger partial charge is 0.497 e. The molecule has 90 valence electrons. The molecule has 0 radical (unpaired) electrons. The monoisotopic (exact) mass is 225 g/mol. The summed E-state index contributed by atoms with van der Waals surface area (Å²) in [4.78, 5) is 0. The summed E-state index contributed by atoms with van der Waals surface area (Å²) >= 11 is 0. The predicted molar refractivity (Wildman–Crippen MR) is 62.9 cm³/mol. The van der Waals surface area contributed by atoms with Crippen LogP contribution in [-0.2, 0) is 11.3 Å². The molecule has 2 N–H and O–H groups in total. The van der Waals surface area contributed by atoms with Crippen LogP contribution < -0.4 is 15.2 Å². The second-order valence-corrected chi connectivity index (χ2v) is 3.63. The fraction of sp³-hybridized carbons (Fsp3) is 0.500. The van der Waals surface area contributed by atoms with Crippen molar-refractivity contribution in [3.05, 3.63) is 23.3 Å². The lowest BCUT2D eigenvalue weighted by Crippen LogP contribution is -2.09. The van der Waals surface area contributed by atoms with Crippen molar-refractivity contribution in [3.63, 3.8) is 0 Å². The zero-order valence-corrected chi connectivity index (χ0v) is 10.2. The van der Waals surface area contributed by atoms with Crippen LogP contribution in [0.1, 0.15) is 24.1 Å². The summed E-state index contributed by atoms with van der Waals surface area (Å²) in [6.07, 6.45) is 0. The highest BCUT2D eigenvalue weighted by Gasteiger charge is 2.14. The van der Waals surface area contributed by atoms with Gasteiger partial charge < -0.3 is 19.9 Å². The summed E-state index contributed by atoms with van der Waals surface area (Å²) in [5, 5.41) is 0. The van der Waals surface area contributed by atoms with Crippen LogP contribution in [0.15, 0.2) is 12.1 Å². The molecule has 0 fully saturated rings. The molecule has 0 aliphatic carbocycles. The molecule has 1 rings (SSSR count). The third-order valence-electron chi connectivity index (χ3n) is 2.40. The Hall–Kier alpha value is -1.26. The Morgan fingerprint density at radius 1 is 1.19 bits per heavy atom. The van der Waals surface area contributed by atoms with Gasteiger partial charge in [-0.3, -0.25) is 0 Å². The van der Waals surface area contributed by atoms with Crippen LogP contribution in [0.2, 0.25) is 0 Å². The third kappa shape index (κ3) is 2.65. The first-order valence-electron chi connectivity index (χ1n) is 5.13. The van der Waals surface area contributed by atoms with Gasteiger partial charge in [0.05, 0.1) is 20.8 Å². The van der Waals surface area contributed by atoms with Gasteiger partial charge in [0, 0.05) is 24.3 Å². The van der Waals surface area contributed by atoms with Crippen molar-refractivity contribution in [2.24, 2.45) is 5.73 Å². The maximum Gasteiger partial charge on any atom is 0.129 e. The van der Waals surface area contributed by atoms with E-state index in [1.54, 1.807) is 21.3 Å².